The molecule has 0 atom stereocenters. The minimum absolute atomic E-state index is 0.157. The lowest BCUT2D eigenvalue weighted by molar-refractivity contribution is -0.164. The molecule has 0 amide bonds. The topological polar surface area (TPSA) is 55.1 Å². The molecule has 1 aromatic rings. The van der Waals surface area contributed by atoms with Crippen LogP contribution in [0.2, 0.25) is 0 Å². The number of carboxylic acid groups (broad SMARTS) is 1. The summed E-state index contributed by atoms with van der Waals surface area (Å²) in [7, 11) is 1.47. The van der Waals surface area contributed by atoms with Gasteiger partial charge in [0, 0.05) is 12.7 Å². The average molecular weight is 269 g/mol. The summed E-state index contributed by atoms with van der Waals surface area (Å²) in [6, 6.07) is 1.36. The molecule has 0 saturated carbocycles. The maximum Gasteiger partial charge on any atom is 0.374 e. The van der Waals surface area contributed by atoms with Crippen molar-refractivity contribution in [1.29, 1.82) is 0 Å². The SMILES string of the molecule is Cn1nc(Br)cc1CC(F)(F)C(=O)O. The van der Waals surface area contributed by atoms with E-state index in [1.807, 2.05) is 0 Å². The van der Waals surface area contributed by atoms with Gasteiger partial charge in [-0.05, 0) is 22.0 Å². The fourth-order valence-corrected chi connectivity index (χ4v) is 1.44. The highest BCUT2D eigenvalue weighted by atomic mass is 79.9. The molecule has 0 radical (unpaired) electrons. The van der Waals surface area contributed by atoms with E-state index in [2.05, 4.69) is 21.0 Å². The normalized spacial score (nSPS) is 11.7. The van der Waals surface area contributed by atoms with Crippen LogP contribution in [0.1, 0.15) is 5.69 Å². The van der Waals surface area contributed by atoms with Gasteiger partial charge in [0.05, 0.1) is 6.42 Å². The molecule has 1 rings (SSSR count). The minimum atomic E-state index is -3.76. The Hall–Kier alpha value is -0.980. The number of halogens is 3. The quantitative estimate of drug-likeness (QED) is 0.903. The molecular formula is C7H7BrF2N2O2. The molecule has 0 aliphatic carbocycles. The van der Waals surface area contributed by atoms with Crippen LogP contribution < -0.4 is 0 Å². The van der Waals surface area contributed by atoms with E-state index < -0.39 is 18.3 Å². The van der Waals surface area contributed by atoms with Crippen LogP contribution >= 0.6 is 15.9 Å². The van der Waals surface area contributed by atoms with Gasteiger partial charge in [0.1, 0.15) is 4.60 Å². The molecule has 0 aliphatic rings. The zero-order valence-corrected chi connectivity index (χ0v) is 8.75. The maximum atomic E-state index is 12.8. The predicted molar refractivity (Wildman–Crippen MR) is 47.2 cm³/mol. The Labute approximate surface area is 86.7 Å². The van der Waals surface area contributed by atoms with Gasteiger partial charge in [-0.25, -0.2) is 4.79 Å². The van der Waals surface area contributed by atoms with E-state index in [1.54, 1.807) is 0 Å². The summed E-state index contributed by atoms with van der Waals surface area (Å²) >= 11 is 3.00. The molecule has 0 bridgehead atoms. The van der Waals surface area contributed by atoms with Gasteiger partial charge in [-0.3, -0.25) is 4.68 Å². The molecule has 0 spiro atoms. The number of carbonyl (C=O) groups is 1. The molecule has 1 heterocycles. The van der Waals surface area contributed by atoms with Gasteiger partial charge in [0.2, 0.25) is 0 Å². The smallest absolute Gasteiger partial charge is 0.374 e. The molecule has 14 heavy (non-hydrogen) atoms. The van der Waals surface area contributed by atoms with Crippen LogP contribution in [0.15, 0.2) is 10.7 Å². The summed E-state index contributed by atoms with van der Waals surface area (Å²) in [6.45, 7) is 0. The van der Waals surface area contributed by atoms with Crippen molar-refractivity contribution in [2.24, 2.45) is 7.05 Å². The van der Waals surface area contributed by atoms with Crippen LogP contribution in [0.5, 0.6) is 0 Å². The van der Waals surface area contributed by atoms with Crippen LogP contribution in [0.4, 0.5) is 8.78 Å². The van der Waals surface area contributed by atoms with Gasteiger partial charge in [-0.2, -0.15) is 13.9 Å². The first kappa shape index (κ1) is 11.1. The van der Waals surface area contributed by atoms with Crippen LogP contribution in [0, 0.1) is 0 Å². The van der Waals surface area contributed by atoms with Gasteiger partial charge in [0.15, 0.2) is 0 Å². The van der Waals surface area contributed by atoms with E-state index in [0.717, 1.165) is 0 Å². The van der Waals surface area contributed by atoms with Crippen molar-refractivity contribution >= 4 is 21.9 Å². The summed E-state index contributed by atoms with van der Waals surface area (Å²) in [6.07, 6.45) is -0.864. The Balaban J connectivity index is 2.88. The third-order valence-corrected chi connectivity index (χ3v) is 2.05. The molecule has 4 nitrogen and oxygen atoms in total. The van der Waals surface area contributed by atoms with E-state index in [0.29, 0.717) is 4.60 Å². The number of rotatable bonds is 3. The molecule has 1 aromatic heterocycles. The van der Waals surface area contributed by atoms with Crippen molar-refractivity contribution in [3.8, 4) is 0 Å². The van der Waals surface area contributed by atoms with Crippen molar-refractivity contribution in [3.63, 3.8) is 0 Å². The second kappa shape index (κ2) is 3.64. The molecule has 0 saturated heterocycles. The third-order valence-electron chi connectivity index (χ3n) is 1.66. The van der Waals surface area contributed by atoms with E-state index in [4.69, 9.17) is 5.11 Å². The van der Waals surface area contributed by atoms with Gasteiger partial charge in [-0.1, -0.05) is 0 Å². The van der Waals surface area contributed by atoms with Gasteiger partial charge < -0.3 is 5.11 Å². The van der Waals surface area contributed by atoms with Crippen molar-refractivity contribution in [3.05, 3.63) is 16.4 Å². The maximum absolute atomic E-state index is 12.8. The van der Waals surface area contributed by atoms with E-state index in [1.165, 1.54) is 17.8 Å². The Kier molecular flexibility index (Phi) is 2.89. The first-order valence-corrected chi connectivity index (χ1v) is 4.42. The molecular weight excluding hydrogens is 262 g/mol. The van der Waals surface area contributed by atoms with Crippen LogP contribution in [-0.2, 0) is 18.3 Å². The minimum Gasteiger partial charge on any atom is -0.477 e. The highest BCUT2D eigenvalue weighted by Crippen LogP contribution is 2.21. The number of nitrogens with zero attached hydrogens (tertiary/aromatic N) is 2. The molecule has 0 aliphatic heterocycles. The van der Waals surface area contributed by atoms with Crippen molar-refractivity contribution in [1.82, 2.24) is 9.78 Å². The van der Waals surface area contributed by atoms with Crippen molar-refractivity contribution in [2.45, 2.75) is 12.3 Å². The summed E-state index contributed by atoms with van der Waals surface area (Å²) in [4.78, 5) is 10.2. The molecule has 0 aromatic carbocycles. The van der Waals surface area contributed by atoms with Gasteiger partial charge in [0.25, 0.3) is 0 Å². The van der Waals surface area contributed by atoms with Gasteiger partial charge >= 0.3 is 11.9 Å². The number of alkyl halides is 2. The molecule has 1 N–H and O–H groups in total. The number of aliphatic carboxylic acids is 1. The number of aryl methyl sites for hydroxylation is 1. The second-order valence-corrected chi connectivity index (χ2v) is 3.58. The number of hydrogen-bond acceptors (Lipinski definition) is 2. The summed E-state index contributed by atoms with van der Waals surface area (Å²) in [5, 5.41) is 12.0. The van der Waals surface area contributed by atoms with E-state index in [9.17, 15) is 13.6 Å². The van der Waals surface area contributed by atoms with Crippen LogP contribution in [0.25, 0.3) is 0 Å². The van der Waals surface area contributed by atoms with Gasteiger partial charge in [-0.15, -0.1) is 0 Å². The molecule has 0 fully saturated rings. The Morgan fingerprint density at radius 3 is 2.71 bits per heavy atom. The largest absolute Gasteiger partial charge is 0.477 e. The number of aromatic nitrogens is 2. The lowest BCUT2D eigenvalue weighted by Crippen LogP contribution is -2.31. The summed E-state index contributed by atoms with van der Waals surface area (Å²) in [5.74, 6) is -5.89. The molecule has 7 heteroatoms. The molecule has 78 valence electrons. The molecule has 0 unspecified atom stereocenters. The predicted octanol–water partition coefficient (Wildman–Crippen LogP) is 1.45. The Bertz CT molecular complexity index is 365. The zero-order chi connectivity index (χ0) is 10.9. The monoisotopic (exact) mass is 268 g/mol. The number of carboxylic acids is 1. The Morgan fingerprint density at radius 2 is 2.36 bits per heavy atom. The standard InChI is InChI=1S/C7H7BrF2N2O2/c1-12-4(2-5(8)11-12)3-7(9,10)6(13)14/h2H,3H2,1H3,(H,13,14). The zero-order valence-electron chi connectivity index (χ0n) is 7.17. The third kappa shape index (κ3) is 2.28. The van der Waals surface area contributed by atoms with E-state index in [-0.39, 0.29) is 5.69 Å². The van der Waals surface area contributed by atoms with Crippen LogP contribution in [-0.4, -0.2) is 26.8 Å². The second-order valence-electron chi connectivity index (χ2n) is 2.77. The highest BCUT2D eigenvalue weighted by molar-refractivity contribution is 9.10. The fraction of sp³-hybridized carbons (Fsp3) is 0.429. The highest BCUT2D eigenvalue weighted by Gasteiger charge is 2.39. The summed E-state index contributed by atoms with van der Waals surface area (Å²) < 4.78 is 27.1. The number of hydrogen-bond donors (Lipinski definition) is 1. The lowest BCUT2D eigenvalue weighted by atomic mass is 10.2. The first-order chi connectivity index (χ1) is 6.33. The van der Waals surface area contributed by atoms with Crippen molar-refractivity contribution in [2.75, 3.05) is 0 Å². The summed E-state index contributed by atoms with van der Waals surface area (Å²) in [5.41, 5.74) is 0.157. The first-order valence-electron chi connectivity index (χ1n) is 3.62. The lowest BCUT2D eigenvalue weighted by Gasteiger charge is -2.10. The Morgan fingerprint density at radius 1 is 1.79 bits per heavy atom. The average Bonchev–Trinajstić information content (AvgIpc) is 2.29. The van der Waals surface area contributed by atoms with Crippen molar-refractivity contribution < 1.29 is 18.7 Å². The van der Waals surface area contributed by atoms with E-state index >= 15 is 0 Å². The fourth-order valence-electron chi connectivity index (χ4n) is 0.936. The van der Waals surface area contributed by atoms with Crippen LogP contribution in [0.3, 0.4) is 0 Å².